The van der Waals surface area contributed by atoms with Gasteiger partial charge < -0.3 is 38.3 Å². The number of rotatable bonds is 23. The van der Waals surface area contributed by atoms with Crippen LogP contribution >= 0.6 is 0 Å². The minimum atomic E-state index is -0.367. The number of phenols is 1. The molecule has 4 bridgehead atoms. The Bertz CT molecular complexity index is 1920. The number of methoxy groups -OCH3 is 2. The van der Waals surface area contributed by atoms with Gasteiger partial charge in [0.05, 0.1) is 40.3 Å². The maximum Gasteiger partial charge on any atom is 0.312 e. The summed E-state index contributed by atoms with van der Waals surface area (Å²) in [6.07, 6.45) is 23.8. The van der Waals surface area contributed by atoms with Crippen molar-refractivity contribution in [2.45, 2.75) is 296 Å². The van der Waals surface area contributed by atoms with E-state index >= 15 is 0 Å². The summed E-state index contributed by atoms with van der Waals surface area (Å²) in [5.74, 6) is 3.16. The van der Waals surface area contributed by atoms with Crippen LogP contribution < -0.4 is 0 Å². The van der Waals surface area contributed by atoms with Crippen molar-refractivity contribution in [2.75, 3.05) is 40.6 Å². The number of hydrogen-bond donors (Lipinski definition) is 1. The van der Waals surface area contributed by atoms with Gasteiger partial charge in [0, 0.05) is 14.2 Å². The Labute approximate surface area is 506 Å². The van der Waals surface area contributed by atoms with Gasteiger partial charge in [-0.15, -0.1) is 0 Å². The van der Waals surface area contributed by atoms with Crippen molar-refractivity contribution >= 4 is 29.8 Å². The first-order valence-corrected chi connectivity index (χ1v) is 32.5. The molecule has 1 aromatic carbocycles. The lowest BCUT2D eigenvalue weighted by Crippen LogP contribution is -2.53. The summed E-state index contributed by atoms with van der Waals surface area (Å²) >= 11 is 0. The molecule has 83 heavy (non-hydrogen) atoms. The van der Waals surface area contributed by atoms with Gasteiger partial charge in [-0.1, -0.05) is 74.4 Å². The van der Waals surface area contributed by atoms with Crippen molar-refractivity contribution in [3.8, 4) is 5.75 Å². The Kier molecular flexibility index (Phi) is 33.3. The third-order valence-electron chi connectivity index (χ3n) is 19.5. The minimum Gasteiger partial charge on any atom is -0.508 e. The molecule has 0 aliphatic heterocycles. The Morgan fingerprint density at radius 1 is 0.470 bits per heavy atom. The normalized spacial score (nSPS) is 21.4. The van der Waals surface area contributed by atoms with Crippen molar-refractivity contribution in [2.24, 2.45) is 44.8 Å². The highest BCUT2D eigenvalue weighted by molar-refractivity contribution is 5.78. The number of esters is 5. The van der Waals surface area contributed by atoms with Gasteiger partial charge in [-0.05, 0) is 252 Å². The van der Waals surface area contributed by atoms with E-state index in [0.717, 1.165) is 114 Å². The van der Waals surface area contributed by atoms with Gasteiger partial charge in [-0.3, -0.25) is 24.0 Å². The van der Waals surface area contributed by atoms with Crippen LogP contribution in [0.15, 0.2) is 24.3 Å². The van der Waals surface area contributed by atoms with Crippen LogP contribution in [0.1, 0.15) is 284 Å². The largest absolute Gasteiger partial charge is 0.508 e. The summed E-state index contributed by atoms with van der Waals surface area (Å²) in [5.41, 5.74) is -0.753. The summed E-state index contributed by atoms with van der Waals surface area (Å²) in [6.45, 7) is 39.7. The first kappa shape index (κ1) is 77.3. The molecular formula is C70H124O13. The second-order valence-corrected chi connectivity index (χ2v) is 28.1. The molecule has 0 radical (unpaired) electrons. The molecule has 13 heteroatoms. The van der Waals surface area contributed by atoms with Gasteiger partial charge >= 0.3 is 29.8 Å². The molecule has 6 fully saturated rings. The molecule has 6 aliphatic rings. The zero-order valence-electron chi connectivity index (χ0n) is 56.8. The van der Waals surface area contributed by atoms with Crippen molar-refractivity contribution in [3.63, 3.8) is 0 Å². The number of benzene rings is 1. The second kappa shape index (κ2) is 35.8. The average molecular weight is 1170 g/mol. The average Bonchev–Trinajstić information content (AvgIpc) is 2.81. The maximum absolute atomic E-state index is 12.4. The highest BCUT2D eigenvalue weighted by Gasteiger charge is 2.54. The van der Waals surface area contributed by atoms with Gasteiger partial charge in [-0.2, -0.15) is 0 Å². The van der Waals surface area contributed by atoms with E-state index in [0.29, 0.717) is 38.1 Å². The lowest BCUT2D eigenvalue weighted by atomic mass is 9.54. The predicted molar refractivity (Wildman–Crippen MR) is 335 cm³/mol. The molecule has 0 aromatic heterocycles. The number of aromatic hydroxyl groups is 1. The van der Waals surface area contributed by atoms with E-state index in [-0.39, 0.29) is 73.7 Å². The van der Waals surface area contributed by atoms with Crippen LogP contribution in [0.25, 0.3) is 0 Å². The van der Waals surface area contributed by atoms with E-state index in [4.69, 9.17) is 38.3 Å². The third kappa shape index (κ3) is 25.6. The fourth-order valence-corrected chi connectivity index (χ4v) is 10.8. The van der Waals surface area contributed by atoms with Crippen LogP contribution in [0.3, 0.4) is 0 Å². The molecule has 0 saturated heterocycles. The van der Waals surface area contributed by atoms with Gasteiger partial charge in [0.25, 0.3) is 0 Å². The summed E-state index contributed by atoms with van der Waals surface area (Å²) in [6, 6.07) is 7.43. The quantitative estimate of drug-likeness (QED) is 0.0624. The molecule has 13 nitrogen and oxygen atoms in total. The van der Waals surface area contributed by atoms with Crippen LogP contribution in [0.4, 0.5) is 0 Å². The Morgan fingerprint density at radius 2 is 0.759 bits per heavy atom. The number of carbonyl (C=O) groups excluding carboxylic acids is 5. The zero-order valence-corrected chi connectivity index (χ0v) is 56.8. The summed E-state index contributed by atoms with van der Waals surface area (Å²) in [7, 11) is 3.16. The lowest BCUT2D eigenvalue weighted by molar-refractivity contribution is -0.196. The van der Waals surface area contributed by atoms with Crippen LogP contribution in [-0.4, -0.2) is 92.4 Å². The van der Waals surface area contributed by atoms with E-state index in [1.54, 1.807) is 26.4 Å². The van der Waals surface area contributed by atoms with Gasteiger partial charge in [0.2, 0.25) is 0 Å². The van der Waals surface area contributed by atoms with E-state index in [1.807, 2.05) is 109 Å². The number of ether oxygens (including phenoxy) is 7. The van der Waals surface area contributed by atoms with Crippen LogP contribution in [-0.2, 0) is 57.1 Å². The van der Waals surface area contributed by atoms with Gasteiger partial charge in [0.15, 0.2) is 0 Å². The standard InChI is InChI=1S/C16H26O2.2C13H24O2.C10H14O.2C9H18O3/c1-4-15(2,3)14(17)18-16-8-11-5-12(9-16)7-13(6-11)10-16;2*1-5-12(3,4)11(14)15-13(6-2)9-7-8-10-13;1-3-8(2)9-4-6-10(11)7-5-9;2*1-5-9(2,3)8(10)12-7-6-11-4/h11-13H,4-10H2,1-3H3;2*5-10H2,1-4H3;4-8,11H,3H2,1-2H3;2*5-7H2,1-4H3. The van der Waals surface area contributed by atoms with Crippen molar-refractivity contribution in [1.82, 2.24) is 0 Å². The van der Waals surface area contributed by atoms with Crippen LogP contribution in [0.5, 0.6) is 5.75 Å². The highest BCUT2D eigenvalue weighted by Crippen LogP contribution is 2.57. The second-order valence-electron chi connectivity index (χ2n) is 28.1. The van der Waals surface area contributed by atoms with Crippen LogP contribution in [0.2, 0.25) is 0 Å². The molecule has 1 atom stereocenters. The molecule has 1 unspecified atom stereocenters. The smallest absolute Gasteiger partial charge is 0.312 e. The molecule has 6 saturated carbocycles. The maximum atomic E-state index is 12.4. The van der Waals surface area contributed by atoms with E-state index < -0.39 is 0 Å². The topological polar surface area (TPSA) is 170 Å². The van der Waals surface area contributed by atoms with E-state index in [2.05, 4.69) is 34.6 Å². The fourth-order valence-electron chi connectivity index (χ4n) is 10.8. The van der Waals surface area contributed by atoms with Crippen molar-refractivity contribution in [1.29, 1.82) is 0 Å². The van der Waals surface area contributed by atoms with Gasteiger partial charge in [-0.25, -0.2) is 0 Å². The molecule has 1 N–H and O–H groups in total. The van der Waals surface area contributed by atoms with Crippen LogP contribution in [0, 0.1) is 44.8 Å². The molecule has 0 spiro atoms. The molecule has 0 heterocycles. The number of phenolic OH excluding ortho intramolecular Hbond substituents is 1. The number of carbonyl (C=O) groups is 5. The number of hydrogen-bond acceptors (Lipinski definition) is 13. The Morgan fingerprint density at radius 3 is 1.02 bits per heavy atom. The zero-order chi connectivity index (χ0) is 63.5. The summed E-state index contributed by atoms with van der Waals surface area (Å²) in [5, 5.41) is 9.01. The van der Waals surface area contributed by atoms with E-state index in [1.165, 1.54) is 50.5 Å². The Balaban J connectivity index is 0.000000503. The first-order valence-electron chi connectivity index (χ1n) is 32.5. The molecule has 1 aromatic rings. The lowest BCUT2D eigenvalue weighted by Gasteiger charge is -2.56. The summed E-state index contributed by atoms with van der Waals surface area (Å²) in [4.78, 5) is 58.9. The SMILES string of the molecule is CCC(C)(C)C(=O)OC12CC3CC(CC(C3)C1)C2.CCC(C)(C)C(=O)OCCOC.CCC(C)(C)C(=O)OCCOC.CCC(C)c1ccc(O)cc1.CCC1(OC(=O)C(C)(C)CC)CCCC1.CCC1(OC(=O)C(C)(C)CC)CCCC1. The van der Waals surface area contributed by atoms with Gasteiger partial charge in [0.1, 0.15) is 35.8 Å². The first-order chi connectivity index (χ1) is 38.7. The molecular weight excluding hydrogens is 1050 g/mol. The summed E-state index contributed by atoms with van der Waals surface area (Å²) < 4.78 is 37.1. The molecule has 7 rings (SSSR count). The highest BCUT2D eigenvalue weighted by atomic mass is 16.6. The third-order valence-corrected chi connectivity index (χ3v) is 19.5. The predicted octanol–water partition coefficient (Wildman–Crippen LogP) is 17.4. The van der Waals surface area contributed by atoms with Crippen molar-refractivity contribution in [3.05, 3.63) is 29.8 Å². The minimum absolute atomic E-state index is 0.0197. The molecule has 482 valence electrons. The fraction of sp³-hybridized carbons (Fsp3) is 0.843. The van der Waals surface area contributed by atoms with E-state index in [9.17, 15) is 24.0 Å². The Hall–Kier alpha value is -3.71. The van der Waals surface area contributed by atoms with Crippen molar-refractivity contribution < 1.29 is 62.2 Å². The monoisotopic (exact) mass is 1170 g/mol. The molecule has 0 amide bonds. The molecule has 6 aliphatic carbocycles.